The van der Waals surface area contributed by atoms with Crippen molar-refractivity contribution in [2.45, 2.75) is 26.6 Å². The Kier molecular flexibility index (Phi) is 7.42. The minimum Gasteiger partial charge on any atom is -0.435 e. The van der Waals surface area contributed by atoms with Gasteiger partial charge in [0, 0.05) is 29.3 Å². The summed E-state index contributed by atoms with van der Waals surface area (Å²) in [6.45, 7) is 3.21. The van der Waals surface area contributed by atoms with E-state index < -0.39 is 17.6 Å². The summed E-state index contributed by atoms with van der Waals surface area (Å²) in [5.41, 5.74) is 0.757. The Morgan fingerprint density at radius 3 is 2.19 bits per heavy atom. The van der Waals surface area contributed by atoms with E-state index in [4.69, 9.17) is 4.42 Å². The third-order valence-corrected chi connectivity index (χ3v) is 5.56. The van der Waals surface area contributed by atoms with Crippen LogP contribution in [0, 0.1) is 5.92 Å². The summed E-state index contributed by atoms with van der Waals surface area (Å²) >= 11 is 0. The third kappa shape index (κ3) is 6.06. The van der Waals surface area contributed by atoms with Crippen molar-refractivity contribution in [1.29, 1.82) is 0 Å². The summed E-state index contributed by atoms with van der Waals surface area (Å²) < 4.78 is 46.0. The van der Waals surface area contributed by atoms with Crippen molar-refractivity contribution >= 4 is 17.5 Å². The van der Waals surface area contributed by atoms with E-state index in [-0.39, 0.29) is 41.3 Å². The molecule has 0 atom stereocenters. The van der Waals surface area contributed by atoms with E-state index in [9.17, 15) is 22.8 Å². The number of hydrogen-bond donors (Lipinski definition) is 2. The third-order valence-electron chi connectivity index (χ3n) is 5.56. The summed E-state index contributed by atoms with van der Waals surface area (Å²) in [7, 11) is 0. The van der Waals surface area contributed by atoms with Crippen LogP contribution in [0.3, 0.4) is 0 Å². The maximum absolute atomic E-state index is 13.4. The number of hydrogen-bond acceptors (Lipinski definition) is 4. The monoisotopic (exact) mass is 507 g/mol. The molecule has 4 aromatic rings. The highest BCUT2D eigenvalue weighted by Gasteiger charge is 2.33. The molecule has 190 valence electrons. The number of alkyl halides is 3. The molecule has 3 aromatic carbocycles. The molecule has 0 unspecified atom stereocenters. The van der Waals surface area contributed by atoms with Crippen LogP contribution in [-0.4, -0.2) is 16.8 Å². The first kappa shape index (κ1) is 25.7. The van der Waals surface area contributed by atoms with Gasteiger partial charge in [0.15, 0.2) is 11.5 Å². The number of carbonyl (C=O) groups excluding carboxylic acids is 2. The van der Waals surface area contributed by atoms with Gasteiger partial charge in [0.2, 0.25) is 11.8 Å². The van der Waals surface area contributed by atoms with Gasteiger partial charge in [-0.2, -0.15) is 13.2 Å². The van der Waals surface area contributed by atoms with Crippen LogP contribution in [0.25, 0.3) is 22.8 Å². The highest BCUT2D eigenvalue weighted by Crippen LogP contribution is 2.33. The Morgan fingerprint density at radius 2 is 1.54 bits per heavy atom. The minimum absolute atomic E-state index is 0.0673. The summed E-state index contributed by atoms with van der Waals surface area (Å²) in [5.74, 6) is -0.677. The lowest BCUT2D eigenvalue weighted by Gasteiger charge is -2.13. The van der Waals surface area contributed by atoms with Gasteiger partial charge in [-0.05, 0) is 48.0 Å². The molecule has 0 radical (unpaired) electrons. The predicted molar refractivity (Wildman–Crippen MR) is 133 cm³/mol. The fourth-order valence-corrected chi connectivity index (χ4v) is 3.58. The number of carbonyl (C=O) groups is 2. The molecule has 1 heterocycles. The number of oxazole rings is 1. The number of amides is 2. The Bertz CT molecular complexity index is 1400. The first-order valence-corrected chi connectivity index (χ1v) is 11.5. The molecule has 37 heavy (non-hydrogen) atoms. The zero-order valence-corrected chi connectivity index (χ0v) is 20.1. The normalized spacial score (nSPS) is 11.4. The van der Waals surface area contributed by atoms with E-state index in [1.165, 1.54) is 18.2 Å². The minimum atomic E-state index is -4.55. The fraction of sp³-hybridized carbons (Fsp3) is 0.179. The molecule has 0 aliphatic heterocycles. The van der Waals surface area contributed by atoms with E-state index in [2.05, 4.69) is 15.6 Å². The zero-order valence-electron chi connectivity index (χ0n) is 20.1. The van der Waals surface area contributed by atoms with Gasteiger partial charge in [-0.25, -0.2) is 4.98 Å². The SMILES string of the molecule is CC(C)C(=O)Nc1ccc(-c2oc(-c3ccccc3)nc2C(=O)NCc2ccccc2C(F)(F)F)cc1. The van der Waals surface area contributed by atoms with Crippen molar-refractivity contribution in [1.82, 2.24) is 10.3 Å². The van der Waals surface area contributed by atoms with Crippen molar-refractivity contribution in [3.05, 3.63) is 95.7 Å². The molecular weight excluding hydrogens is 483 g/mol. The molecule has 0 saturated heterocycles. The summed E-state index contributed by atoms with van der Waals surface area (Å²) in [4.78, 5) is 29.5. The molecule has 2 amide bonds. The van der Waals surface area contributed by atoms with Crippen molar-refractivity contribution < 1.29 is 27.2 Å². The summed E-state index contributed by atoms with van der Waals surface area (Å²) in [6.07, 6.45) is -4.55. The molecular formula is C28H24F3N3O3. The van der Waals surface area contributed by atoms with Gasteiger partial charge < -0.3 is 15.1 Å². The second kappa shape index (κ2) is 10.7. The number of aromatic nitrogens is 1. The summed E-state index contributed by atoms with van der Waals surface area (Å²) in [6, 6.07) is 20.7. The van der Waals surface area contributed by atoms with Gasteiger partial charge in [0.05, 0.1) is 5.56 Å². The van der Waals surface area contributed by atoms with Crippen LogP contribution in [0.15, 0.2) is 83.3 Å². The molecule has 0 saturated carbocycles. The highest BCUT2D eigenvalue weighted by atomic mass is 19.4. The molecule has 0 bridgehead atoms. The largest absolute Gasteiger partial charge is 0.435 e. The maximum atomic E-state index is 13.4. The average molecular weight is 508 g/mol. The van der Waals surface area contributed by atoms with E-state index in [1.807, 2.05) is 6.07 Å². The van der Waals surface area contributed by atoms with Crippen LogP contribution in [-0.2, 0) is 17.5 Å². The van der Waals surface area contributed by atoms with Crippen LogP contribution in [0.4, 0.5) is 18.9 Å². The molecule has 9 heteroatoms. The van der Waals surface area contributed by atoms with Crippen LogP contribution in [0.2, 0.25) is 0 Å². The van der Waals surface area contributed by atoms with Crippen molar-refractivity contribution in [3.63, 3.8) is 0 Å². The number of nitrogens with one attached hydrogen (secondary N) is 2. The lowest BCUT2D eigenvalue weighted by atomic mass is 10.1. The lowest BCUT2D eigenvalue weighted by molar-refractivity contribution is -0.138. The van der Waals surface area contributed by atoms with Crippen LogP contribution >= 0.6 is 0 Å². The Labute approximate surface area is 211 Å². The second-order valence-corrected chi connectivity index (χ2v) is 8.62. The standard InChI is InChI=1S/C28H24F3N3O3/c1-17(2)25(35)33-21-14-12-18(13-15-21)24-23(34-27(37-24)19-8-4-3-5-9-19)26(36)32-16-20-10-6-7-11-22(20)28(29,30)31/h3-15,17H,16H2,1-2H3,(H,32,36)(H,33,35). The predicted octanol–water partition coefficient (Wildman–Crippen LogP) is 6.55. The Hall–Kier alpha value is -4.40. The number of benzene rings is 3. The Morgan fingerprint density at radius 1 is 0.892 bits per heavy atom. The lowest BCUT2D eigenvalue weighted by Crippen LogP contribution is -2.25. The van der Waals surface area contributed by atoms with Gasteiger partial charge in [0.25, 0.3) is 5.91 Å². The molecule has 4 rings (SSSR count). The zero-order chi connectivity index (χ0) is 26.6. The molecule has 0 aliphatic carbocycles. The van der Waals surface area contributed by atoms with Gasteiger partial charge in [-0.1, -0.05) is 50.2 Å². The molecule has 0 aliphatic rings. The van der Waals surface area contributed by atoms with E-state index in [0.29, 0.717) is 16.8 Å². The fourth-order valence-electron chi connectivity index (χ4n) is 3.58. The van der Waals surface area contributed by atoms with Gasteiger partial charge >= 0.3 is 6.18 Å². The van der Waals surface area contributed by atoms with Crippen LogP contribution in [0.5, 0.6) is 0 Å². The quantitative estimate of drug-likeness (QED) is 0.297. The summed E-state index contributed by atoms with van der Waals surface area (Å²) in [5, 5.41) is 5.32. The number of anilines is 1. The molecule has 0 spiro atoms. The van der Waals surface area contributed by atoms with E-state index in [0.717, 1.165) is 6.07 Å². The topological polar surface area (TPSA) is 84.2 Å². The van der Waals surface area contributed by atoms with Crippen molar-refractivity contribution in [2.75, 3.05) is 5.32 Å². The number of halogens is 3. The van der Waals surface area contributed by atoms with Crippen molar-refractivity contribution in [2.24, 2.45) is 5.92 Å². The maximum Gasteiger partial charge on any atom is 0.416 e. The van der Waals surface area contributed by atoms with Gasteiger partial charge in [0.1, 0.15) is 0 Å². The number of rotatable bonds is 7. The molecule has 0 fully saturated rings. The Balaban J connectivity index is 1.64. The molecule has 6 nitrogen and oxygen atoms in total. The highest BCUT2D eigenvalue weighted by molar-refractivity contribution is 5.98. The first-order valence-electron chi connectivity index (χ1n) is 11.5. The van der Waals surface area contributed by atoms with E-state index in [1.54, 1.807) is 62.4 Å². The van der Waals surface area contributed by atoms with E-state index >= 15 is 0 Å². The first-order chi connectivity index (χ1) is 17.6. The van der Waals surface area contributed by atoms with Crippen LogP contribution < -0.4 is 10.6 Å². The molecule has 1 aromatic heterocycles. The average Bonchev–Trinajstić information content (AvgIpc) is 3.33. The number of nitrogens with zero attached hydrogens (tertiary/aromatic N) is 1. The smallest absolute Gasteiger partial charge is 0.416 e. The van der Waals surface area contributed by atoms with Gasteiger partial charge in [-0.15, -0.1) is 0 Å². The van der Waals surface area contributed by atoms with Gasteiger partial charge in [-0.3, -0.25) is 9.59 Å². The van der Waals surface area contributed by atoms with Crippen LogP contribution in [0.1, 0.15) is 35.5 Å². The van der Waals surface area contributed by atoms with Crippen molar-refractivity contribution in [3.8, 4) is 22.8 Å². The molecule has 2 N–H and O–H groups in total. The second-order valence-electron chi connectivity index (χ2n) is 8.62.